The molecular formula is C12H9NO3S3. The van der Waals surface area contributed by atoms with Crippen LogP contribution in [0.5, 0.6) is 0 Å². The first-order chi connectivity index (χ1) is 9.08. The summed E-state index contributed by atoms with van der Waals surface area (Å²) in [6, 6.07) is 3.92. The molecule has 0 unspecified atom stereocenters. The number of aldehydes is 1. The molecule has 1 N–H and O–H groups in total. The summed E-state index contributed by atoms with van der Waals surface area (Å²) < 4.78 is 4.55. The van der Waals surface area contributed by atoms with Crippen LogP contribution in [0.15, 0.2) is 12.1 Å². The Labute approximate surface area is 120 Å². The van der Waals surface area contributed by atoms with Crippen molar-refractivity contribution in [3.8, 4) is 0 Å². The van der Waals surface area contributed by atoms with Gasteiger partial charge in [0.05, 0.1) is 19.3 Å². The van der Waals surface area contributed by atoms with Gasteiger partial charge in [0, 0.05) is 16.4 Å². The van der Waals surface area contributed by atoms with E-state index in [-0.39, 0.29) is 6.54 Å². The van der Waals surface area contributed by atoms with Crippen molar-refractivity contribution in [2.45, 2.75) is 0 Å². The van der Waals surface area contributed by atoms with Gasteiger partial charge in [-0.15, -0.1) is 34.0 Å². The topological polar surface area (TPSA) is 57.6 Å². The van der Waals surface area contributed by atoms with Gasteiger partial charge in [0.15, 0.2) is 6.29 Å². The zero-order chi connectivity index (χ0) is 13.6. The molecule has 0 aliphatic heterocycles. The standard InChI is InChI=1S/C12H9NO3S3/c1-13(4-10(15)16)9-3-8-12(19-9)11-7(18-8)2-6(5-14)17-11/h2-3,5H,4H2,1H3,(H,15,16). The third kappa shape index (κ3) is 2.13. The van der Waals surface area contributed by atoms with E-state index in [1.165, 1.54) is 11.3 Å². The van der Waals surface area contributed by atoms with Gasteiger partial charge in [-0.25, -0.2) is 0 Å². The largest absolute Gasteiger partial charge is 0.480 e. The van der Waals surface area contributed by atoms with E-state index in [2.05, 4.69) is 0 Å². The van der Waals surface area contributed by atoms with Crippen LogP contribution in [0.3, 0.4) is 0 Å². The Hall–Kier alpha value is -1.44. The second kappa shape index (κ2) is 4.59. The summed E-state index contributed by atoms with van der Waals surface area (Å²) in [4.78, 5) is 24.0. The number of carboxylic acid groups (broad SMARTS) is 1. The number of hydrogen-bond acceptors (Lipinski definition) is 6. The minimum absolute atomic E-state index is 0.0130. The minimum Gasteiger partial charge on any atom is -0.480 e. The van der Waals surface area contributed by atoms with Gasteiger partial charge in [-0.3, -0.25) is 9.59 Å². The number of likely N-dealkylation sites (N-methyl/N-ethyl adjacent to an activating group) is 1. The molecule has 0 saturated heterocycles. The molecule has 0 fully saturated rings. The molecule has 0 bridgehead atoms. The van der Waals surface area contributed by atoms with Crippen LogP contribution < -0.4 is 4.90 Å². The van der Waals surface area contributed by atoms with E-state index in [4.69, 9.17) is 5.11 Å². The fourth-order valence-corrected chi connectivity index (χ4v) is 5.67. The van der Waals surface area contributed by atoms with Crippen LogP contribution in [0.1, 0.15) is 9.67 Å². The molecule has 3 aromatic heterocycles. The summed E-state index contributed by atoms with van der Waals surface area (Å²) >= 11 is 4.71. The molecule has 3 aromatic rings. The van der Waals surface area contributed by atoms with Gasteiger partial charge in [-0.2, -0.15) is 0 Å². The maximum absolute atomic E-state index is 10.8. The molecule has 19 heavy (non-hydrogen) atoms. The summed E-state index contributed by atoms with van der Waals surface area (Å²) in [5.74, 6) is -0.844. The van der Waals surface area contributed by atoms with E-state index in [1.54, 1.807) is 34.6 Å². The third-order valence-corrected chi connectivity index (χ3v) is 6.51. The highest BCUT2D eigenvalue weighted by molar-refractivity contribution is 7.39. The lowest BCUT2D eigenvalue weighted by molar-refractivity contribution is -0.135. The molecule has 7 heteroatoms. The molecule has 0 radical (unpaired) electrons. The number of carboxylic acids is 1. The second-order valence-corrected chi connectivity index (χ2v) is 7.29. The average molecular weight is 311 g/mol. The minimum atomic E-state index is -0.844. The van der Waals surface area contributed by atoms with Crippen molar-refractivity contribution in [1.82, 2.24) is 0 Å². The summed E-state index contributed by atoms with van der Waals surface area (Å²) in [5.41, 5.74) is 0. The molecule has 0 atom stereocenters. The number of hydrogen-bond donors (Lipinski definition) is 1. The lowest BCUT2D eigenvalue weighted by atomic mass is 10.4. The number of carbonyl (C=O) groups is 2. The molecule has 3 rings (SSSR count). The fourth-order valence-electron chi connectivity index (χ4n) is 1.87. The van der Waals surface area contributed by atoms with Crippen molar-refractivity contribution >= 4 is 70.1 Å². The predicted molar refractivity (Wildman–Crippen MR) is 81.4 cm³/mol. The molecule has 0 aliphatic carbocycles. The van der Waals surface area contributed by atoms with Crippen LogP contribution in [0.25, 0.3) is 18.8 Å². The molecule has 0 aliphatic rings. The van der Waals surface area contributed by atoms with E-state index in [1.807, 2.05) is 12.1 Å². The van der Waals surface area contributed by atoms with Crippen LogP contribution in [0.4, 0.5) is 5.00 Å². The van der Waals surface area contributed by atoms with E-state index in [0.29, 0.717) is 0 Å². The highest BCUT2D eigenvalue weighted by atomic mass is 32.1. The molecule has 0 aromatic carbocycles. The zero-order valence-electron chi connectivity index (χ0n) is 9.87. The maximum atomic E-state index is 10.8. The number of fused-ring (bicyclic) bond motifs is 3. The zero-order valence-corrected chi connectivity index (χ0v) is 12.3. The lowest BCUT2D eigenvalue weighted by Gasteiger charge is -2.12. The number of aliphatic carboxylic acids is 1. The summed E-state index contributed by atoms with van der Waals surface area (Å²) in [6.45, 7) is -0.0130. The van der Waals surface area contributed by atoms with Gasteiger partial charge >= 0.3 is 5.97 Å². The van der Waals surface area contributed by atoms with Gasteiger partial charge in [0.25, 0.3) is 0 Å². The summed E-state index contributed by atoms with van der Waals surface area (Å²) in [7, 11) is 1.77. The van der Waals surface area contributed by atoms with Crippen LogP contribution in [-0.4, -0.2) is 31.0 Å². The van der Waals surface area contributed by atoms with Crippen molar-refractivity contribution in [2.24, 2.45) is 0 Å². The quantitative estimate of drug-likeness (QED) is 0.749. The van der Waals surface area contributed by atoms with Gasteiger partial charge < -0.3 is 10.0 Å². The van der Waals surface area contributed by atoms with E-state index >= 15 is 0 Å². The Morgan fingerprint density at radius 2 is 1.95 bits per heavy atom. The second-order valence-electron chi connectivity index (χ2n) is 4.09. The average Bonchev–Trinajstić information content (AvgIpc) is 2.96. The van der Waals surface area contributed by atoms with E-state index in [9.17, 15) is 9.59 Å². The first-order valence-electron chi connectivity index (χ1n) is 5.42. The molecule has 98 valence electrons. The highest BCUT2D eigenvalue weighted by Crippen LogP contribution is 2.45. The van der Waals surface area contributed by atoms with Gasteiger partial charge in [0.1, 0.15) is 6.54 Å². The van der Waals surface area contributed by atoms with Crippen LogP contribution >= 0.6 is 34.0 Å². The molecule has 0 spiro atoms. The SMILES string of the molecule is CN(CC(=O)O)c1cc2sc3cc(C=O)sc3c2s1. The Kier molecular flexibility index (Phi) is 3.04. The van der Waals surface area contributed by atoms with E-state index in [0.717, 1.165) is 35.0 Å². The number of nitrogens with zero attached hydrogens (tertiary/aromatic N) is 1. The molecule has 3 heterocycles. The Bertz CT molecular complexity index is 783. The van der Waals surface area contributed by atoms with Gasteiger partial charge in [-0.05, 0) is 12.1 Å². The Morgan fingerprint density at radius 1 is 1.26 bits per heavy atom. The normalized spacial score (nSPS) is 11.2. The van der Waals surface area contributed by atoms with Crippen molar-refractivity contribution in [1.29, 1.82) is 0 Å². The van der Waals surface area contributed by atoms with Gasteiger partial charge in [0.2, 0.25) is 0 Å². The Morgan fingerprint density at radius 3 is 2.63 bits per heavy atom. The van der Waals surface area contributed by atoms with Crippen LogP contribution in [0.2, 0.25) is 0 Å². The first-order valence-corrected chi connectivity index (χ1v) is 7.87. The molecule has 0 amide bonds. The van der Waals surface area contributed by atoms with Crippen LogP contribution in [0, 0.1) is 0 Å². The summed E-state index contributed by atoms with van der Waals surface area (Å²) in [5, 5.41) is 9.74. The van der Waals surface area contributed by atoms with Crippen molar-refractivity contribution in [2.75, 3.05) is 18.5 Å². The third-order valence-electron chi connectivity index (χ3n) is 2.69. The Balaban J connectivity index is 2.07. The first kappa shape index (κ1) is 12.6. The van der Waals surface area contributed by atoms with Crippen molar-refractivity contribution in [3.05, 3.63) is 17.0 Å². The highest BCUT2D eigenvalue weighted by Gasteiger charge is 2.15. The lowest BCUT2D eigenvalue weighted by Crippen LogP contribution is -2.24. The van der Waals surface area contributed by atoms with Crippen molar-refractivity contribution < 1.29 is 14.7 Å². The molecule has 0 saturated carbocycles. The molecular weight excluding hydrogens is 302 g/mol. The predicted octanol–water partition coefficient (Wildman–Crippen LogP) is 3.51. The summed E-state index contributed by atoms with van der Waals surface area (Å²) in [6.07, 6.45) is 0.869. The number of thiophene rings is 3. The number of carbonyl (C=O) groups excluding carboxylic acids is 1. The van der Waals surface area contributed by atoms with E-state index < -0.39 is 5.97 Å². The maximum Gasteiger partial charge on any atom is 0.323 e. The van der Waals surface area contributed by atoms with Crippen LogP contribution in [-0.2, 0) is 4.79 Å². The molecule has 4 nitrogen and oxygen atoms in total. The smallest absolute Gasteiger partial charge is 0.323 e. The fraction of sp³-hybridized carbons (Fsp3) is 0.167. The monoisotopic (exact) mass is 311 g/mol. The van der Waals surface area contributed by atoms with Gasteiger partial charge in [-0.1, -0.05) is 0 Å². The van der Waals surface area contributed by atoms with Crippen molar-refractivity contribution in [3.63, 3.8) is 0 Å². The number of rotatable bonds is 4. The number of anilines is 1.